The number of furan rings is 1. The lowest BCUT2D eigenvalue weighted by Gasteiger charge is -2.26. The van der Waals surface area contributed by atoms with Gasteiger partial charge in [-0.25, -0.2) is 9.79 Å². The van der Waals surface area contributed by atoms with Crippen LogP contribution in [-0.4, -0.2) is 16.6 Å². The van der Waals surface area contributed by atoms with Crippen molar-refractivity contribution in [1.82, 2.24) is 4.57 Å². The van der Waals surface area contributed by atoms with Gasteiger partial charge >= 0.3 is 5.97 Å². The van der Waals surface area contributed by atoms with Crippen LogP contribution in [0.25, 0.3) is 6.08 Å². The minimum atomic E-state index is -0.765. The fourth-order valence-corrected chi connectivity index (χ4v) is 6.12. The second kappa shape index (κ2) is 10.6. The van der Waals surface area contributed by atoms with Gasteiger partial charge in [-0.2, -0.15) is 0 Å². The van der Waals surface area contributed by atoms with Crippen LogP contribution in [0.2, 0.25) is 5.02 Å². The third kappa shape index (κ3) is 5.23. The van der Waals surface area contributed by atoms with Gasteiger partial charge in [-0.05, 0) is 56.7 Å². The van der Waals surface area contributed by atoms with E-state index in [1.54, 1.807) is 39.0 Å². The number of hydrogen-bond donors (Lipinski definition) is 0. The van der Waals surface area contributed by atoms with E-state index in [0.717, 1.165) is 4.90 Å². The highest BCUT2D eigenvalue weighted by atomic mass is 35.5. The topological polar surface area (TPSA) is 73.8 Å². The highest BCUT2D eigenvalue weighted by Crippen LogP contribution is 2.34. The van der Waals surface area contributed by atoms with Crippen molar-refractivity contribution in [1.29, 1.82) is 0 Å². The smallest absolute Gasteiger partial charge is 0.338 e. The highest BCUT2D eigenvalue weighted by Gasteiger charge is 2.34. The standard InChI is InChI=1S/C28H23ClN2O4S2/c1-16(2)34-27(33)24-17(3)30-28-31(25(24)20-11-7-8-12-21(20)29)26(32)22(37-28)15-18-13-14-23(35-18)36-19-9-5-4-6-10-19/h4-16,25H,1-3H3. The van der Waals surface area contributed by atoms with Gasteiger partial charge in [0, 0.05) is 16.0 Å². The number of carbonyl (C=O) groups is 1. The van der Waals surface area contributed by atoms with Crippen LogP contribution >= 0.6 is 34.7 Å². The van der Waals surface area contributed by atoms with Gasteiger partial charge < -0.3 is 9.15 Å². The van der Waals surface area contributed by atoms with Gasteiger partial charge in [-0.1, -0.05) is 71.1 Å². The number of hydrogen-bond acceptors (Lipinski definition) is 7. The molecule has 1 aliphatic heterocycles. The number of benzene rings is 2. The summed E-state index contributed by atoms with van der Waals surface area (Å²) < 4.78 is 13.4. The molecule has 0 N–H and O–H groups in total. The molecule has 0 spiro atoms. The first-order chi connectivity index (χ1) is 17.8. The van der Waals surface area contributed by atoms with E-state index in [4.69, 9.17) is 20.8 Å². The number of nitrogens with zero attached hydrogens (tertiary/aromatic N) is 2. The maximum atomic E-state index is 13.7. The third-order valence-corrected chi connectivity index (χ3v) is 7.88. The van der Waals surface area contributed by atoms with Crippen molar-refractivity contribution in [3.05, 3.63) is 114 Å². The van der Waals surface area contributed by atoms with E-state index in [0.29, 0.717) is 42.0 Å². The Bertz CT molecular complexity index is 1680. The van der Waals surface area contributed by atoms with Crippen LogP contribution in [0.5, 0.6) is 0 Å². The molecule has 4 aromatic rings. The molecule has 3 heterocycles. The predicted molar refractivity (Wildman–Crippen MR) is 146 cm³/mol. The first-order valence-corrected chi connectivity index (χ1v) is 13.6. The number of rotatable bonds is 6. The molecule has 1 unspecified atom stereocenters. The number of aromatic nitrogens is 1. The van der Waals surface area contributed by atoms with Crippen LogP contribution in [-0.2, 0) is 9.53 Å². The van der Waals surface area contributed by atoms with Crippen LogP contribution in [0.15, 0.2) is 102 Å². The molecule has 1 aliphatic rings. The molecule has 0 fully saturated rings. The Kier molecular flexibility index (Phi) is 7.24. The zero-order valence-corrected chi connectivity index (χ0v) is 22.7. The second-order valence-corrected chi connectivity index (χ2v) is 11.1. The summed E-state index contributed by atoms with van der Waals surface area (Å²) >= 11 is 9.30. The van der Waals surface area contributed by atoms with Crippen LogP contribution in [0, 0.1) is 0 Å². The quantitative estimate of drug-likeness (QED) is 0.293. The van der Waals surface area contributed by atoms with Crippen molar-refractivity contribution >= 4 is 46.7 Å². The van der Waals surface area contributed by atoms with Gasteiger partial charge in [-0.15, -0.1) is 0 Å². The fraction of sp³-hybridized carbons (Fsp3) is 0.179. The summed E-state index contributed by atoms with van der Waals surface area (Å²) in [6.07, 6.45) is 1.37. The lowest BCUT2D eigenvalue weighted by molar-refractivity contribution is -0.143. The van der Waals surface area contributed by atoms with Gasteiger partial charge in [0.2, 0.25) is 0 Å². The first kappa shape index (κ1) is 25.3. The SMILES string of the molecule is CC1=C(C(=O)OC(C)C)C(c2ccccc2Cl)n2c(sc(=Cc3ccc(Sc4ccccc4)o3)c2=O)=N1. The zero-order chi connectivity index (χ0) is 26.1. The van der Waals surface area contributed by atoms with Crippen molar-refractivity contribution in [2.45, 2.75) is 42.9 Å². The average molecular weight is 551 g/mol. The molecular formula is C28H23ClN2O4S2. The van der Waals surface area contributed by atoms with Crippen molar-refractivity contribution in [3.63, 3.8) is 0 Å². The van der Waals surface area contributed by atoms with Gasteiger partial charge in [0.15, 0.2) is 9.89 Å². The lowest BCUT2D eigenvalue weighted by Crippen LogP contribution is -2.40. The van der Waals surface area contributed by atoms with Gasteiger partial charge in [0.05, 0.1) is 21.9 Å². The van der Waals surface area contributed by atoms with E-state index in [1.165, 1.54) is 27.7 Å². The molecular weight excluding hydrogens is 528 g/mol. The summed E-state index contributed by atoms with van der Waals surface area (Å²) in [6, 6.07) is 20.0. The van der Waals surface area contributed by atoms with Crippen LogP contribution < -0.4 is 14.9 Å². The Morgan fingerprint density at radius 2 is 1.86 bits per heavy atom. The Labute approximate surface area is 226 Å². The van der Waals surface area contributed by atoms with Crippen molar-refractivity contribution in [3.8, 4) is 0 Å². The van der Waals surface area contributed by atoms with E-state index in [1.807, 2.05) is 54.6 Å². The molecule has 0 radical (unpaired) electrons. The lowest BCUT2D eigenvalue weighted by atomic mass is 9.96. The van der Waals surface area contributed by atoms with Crippen molar-refractivity contribution < 1.29 is 13.9 Å². The van der Waals surface area contributed by atoms with Crippen LogP contribution in [0.1, 0.15) is 38.1 Å². The molecule has 37 heavy (non-hydrogen) atoms. The average Bonchev–Trinajstić information content (AvgIpc) is 3.42. The maximum Gasteiger partial charge on any atom is 0.338 e. The maximum absolute atomic E-state index is 13.7. The molecule has 0 saturated heterocycles. The Balaban J connectivity index is 1.60. The molecule has 188 valence electrons. The number of halogens is 1. The van der Waals surface area contributed by atoms with Crippen molar-refractivity contribution in [2.75, 3.05) is 0 Å². The van der Waals surface area contributed by atoms with E-state index in [-0.39, 0.29) is 11.7 Å². The monoisotopic (exact) mass is 550 g/mol. The summed E-state index contributed by atoms with van der Waals surface area (Å²) in [5.74, 6) is 0.0252. The number of ether oxygens (including phenoxy) is 1. The van der Waals surface area contributed by atoms with E-state index in [9.17, 15) is 9.59 Å². The fourth-order valence-electron chi connectivity index (χ4n) is 4.05. The van der Waals surface area contributed by atoms with E-state index in [2.05, 4.69) is 4.99 Å². The molecule has 0 saturated carbocycles. The summed E-state index contributed by atoms with van der Waals surface area (Å²) in [4.78, 5) is 33.0. The Hall–Kier alpha value is -3.33. The summed E-state index contributed by atoms with van der Waals surface area (Å²) in [5, 5.41) is 1.16. The highest BCUT2D eigenvalue weighted by molar-refractivity contribution is 7.99. The number of esters is 1. The molecule has 9 heteroatoms. The van der Waals surface area contributed by atoms with E-state index >= 15 is 0 Å². The minimum absolute atomic E-state index is 0.287. The largest absolute Gasteiger partial charge is 0.459 e. The van der Waals surface area contributed by atoms with Crippen LogP contribution in [0.3, 0.4) is 0 Å². The first-order valence-electron chi connectivity index (χ1n) is 11.6. The molecule has 5 rings (SSSR count). The molecule has 2 aromatic heterocycles. The molecule has 0 bridgehead atoms. The summed E-state index contributed by atoms with van der Waals surface area (Å²) in [7, 11) is 0. The number of carbonyl (C=O) groups excluding carboxylic acids is 1. The molecule has 0 amide bonds. The zero-order valence-electron chi connectivity index (χ0n) is 20.3. The van der Waals surface area contributed by atoms with Gasteiger partial charge in [0.25, 0.3) is 5.56 Å². The summed E-state index contributed by atoms with van der Waals surface area (Å²) in [5.41, 5.74) is 1.12. The van der Waals surface area contributed by atoms with E-state index < -0.39 is 12.0 Å². The number of allylic oxidation sites excluding steroid dienone is 1. The van der Waals surface area contributed by atoms with Crippen molar-refractivity contribution in [2.24, 2.45) is 4.99 Å². The molecule has 0 aliphatic carbocycles. The minimum Gasteiger partial charge on any atom is -0.459 e. The van der Waals surface area contributed by atoms with Gasteiger partial charge in [-0.3, -0.25) is 9.36 Å². The van der Waals surface area contributed by atoms with Gasteiger partial charge in [0.1, 0.15) is 11.8 Å². The Morgan fingerprint density at radius 3 is 2.59 bits per heavy atom. The predicted octanol–water partition coefficient (Wildman–Crippen LogP) is 5.58. The Morgan fingerprint density at radius 1 is 1.14 bits per heavy atom. The molecule has 1 atom stereocenters. The number of thiazole rings is 1. The normalized spacial score (nSPS) is 15.6. The second-order valence-electron chi connectivity index (χ2n) is 8.63. The molecule has 2 aromatic carbocycles. The van der Waals surface area contributed by atoms with Crippen LogP contribution in [0.4, 0.5) is 0 Å². The third-order valence-electron chi connectivity index (χ3n) is 5.62. The number of fused-ring (bicyclic) bond motifs is 1. The summed E-state index contributed by atoms with van der Waals surface area (Å²) in [6.45, 7) is 5.31. The molecule has 6 nitrogen and oxygen atoms in total.